The molecule has 1 aromatic heterocycles. The van der Waals surface area contributed by atoms with Crippen LogP contribution in [0.3, 0.4) is 0 Å². The number of carbonyl (C=O) groups is 1. The maximum absolute atomic E-state index is 12.5. The van der Waals surface area contributed by atoms with E-state index in [2.05, 4.69) is 5.10 Å². The molecule has 0 aliphatic carbocycles. The predicted octanol–water partition coefficient (Wildman–Crippen LogP) is 3.45. The van der Waals surface area contributed by atoms with Crippen LogP contribution in [0.25, 0.3) is 0 Å². The number of aryl methyl sites for hydroxylation is 3. The summed E-state index contributed by atoms with van der Waals surface area (Å²) in [4.78, 5) is 14.2. The fraction of sp³-hybridized carbons (Fsp3) is 0.375. The van der Waals surface area contributed by atoms with Crippen molar-refractivity contribution in [2.45, 2.75) is 33.9 Å². The zero-order chi connectivity index (χ0) is 15.6. The van der Waals surface area contributed by atoms with Gasteiger partial charge in [-0.2, -0.15) is 5.10 Å². The minimum atomic E-state index is -0.0157. The van der Waals surface area contributed by atoms with E-state index >= 15 is 0 Å². The highest BCUT2D eigenvalue weighted by Gasteiger charge is 2.16. The maximum atomic E-state index is 12.5. The van der Waals surface area contributed by atoms with Crippen LogP contribution in [0.4, 0.5) is 0 Å². The largest absolute Gasteiger partial charge is 0.336 e. The van der Waals surface area contributed by atoms with Crippen molar-refractivity contribution in [3.63, 3.8) is 0 Å². The molecule has 0 unspecified atom stereocenters. The molecule has 0 spiro atoms. The van der Waals surface area contributed by atoms with Crippen LogP contribution < -0.4 is 0 Å². The molecule has 0 saturated heterocycles. The fourth-order valence-corrected chi connectivity index (χ4v) is 2.41. The van der Waals surface area contributed by atoms with Crippen LogP contribution in [0.15, 0.2) is 24.4 Å². The van der Waals surface area contributed by atoms with Gasteiger partial charge in [0, 0.05) is 19.2 Å². The number of hydrogen-bond donors (Lipinski definition) is 0. The van der Waals surface area contributed by atoms with Crippen molar-refractivity contribution in [3.8, 4) is 0 Å². The zero-order valence-corrected chi connectivity index (χ0v) is 13.6. The van der Waals surface area contributed by atoms with E-state index in [9.17, 15) is 4.79 Å². The van der Waals surface area contributed by atoms with E-state index < -0.39 is 0 Å². The van der Waals surface area contributed by atoms with Crippen LogP contribution >= 0.6 is 11.6 Å². The molecule has 1 aromatic carbocycles. The highest BCUT2D eigenvalue weighted by molar-refractivity contribution is 6.31. The van der Waals surface area contributed by atoms with E-state index in [1.807, 2.05) is 43.7 Å². The number of amides is 1. The Morgan fingerprint density at radius 2 is 2.05 bits per heavy atom. The minimum Gasteiger partial charge on any atom is -0.336 e. The number of hydrogen-bond acceptors (Lipinski definition) is 2. The molecule has 2 rings (SSSR count). The van der Waals surface area contributed by atoms with E-state index in [0.717, 1.165) is 17.8 Å². The highest BCUT2D eigenvalue weighted by Crippen LogP contribution is 2.18. The standard InChI is InChI=1S/C16H20ClN3O/c1-5-20-15(14(17)9-18-20)10-19(4)16(21)13-7-6-11(2)12(3)8-13/h6-9H,5,10H2,1-4H3. The smallest absolute Gasteiger partial charge is 0.253 e. The van der Waals surface area contributed by atoms with Crippen molar-refractivity contribution < 1.29 is 4.79 Å². The zero-order valence-electron chi connectivity index (χ0n) is 12.9. The van der Waals surface area contributed by atoms with Gasteiger partial charge in [0.1, 0.15) is 0 Å². The average Bonchev–Trinajstić information content (AvgIpc) is 2.81. The van der Waals surface area contributed by atoms with Crippen LogP contribution in [0, 0.1) is 13.8 Å². The van der Waals surface area contributed by atoms with Crippen LogP contribution in [0.2, 0.25) is 5.02 Å². The predicted molar refractivity (Wildman–Crippen MR) is 84.6 cm³/mol. The molecule has 0 aliphatic rings. The summed E-state index contributed by atoms with van der Waals surface area (Å²) in [6.07, 6.45) is 1.62. The summed E-state index contributed by atoms with van der Waals surface area (Å²) < 4.78 is 1.81. The first-order valence-electron chi connectivity index (χ1n) is 6.97. The molecular formula is C16H20ClN3O. The molecule has 21 heavy (non-hydrogen) atoms. The van der Waals surface area contributed by atoms with Crippen molar-refractivity contribution >= 4 is 17.5 Å². The van der Waals surface area contributed by atoms with Gasteiger partial charge in [0.25, 0.3) is 5.91 Å². The van der Waals surface area contributed by atoms with Gasteiger partial charge < -0.3 is 4.90 Å². The third kappa shape index (κ3) is 3.27. The number of carbonyl (C=O) groups excluding carboxylic acids is 1. The Labute approximate surface area is 130 Å². The fourth-order valence-electron chi connectivity index (χ4n) is 2.21. The van der Waals surface area contributed by atoms with Crippen molar-refractivity contribution in [1.82, 2.24) is 14.7 Å². The molecule has 2 aromatic rings. The average molecular weight is 306 g/mol. The van der Waals surface area contributed by atoms with Gasteiger partial charge in [-0.25, -0.2) is 0 Å². The molecule has 0 bridgehead atoms. The Hall–Kier alpha value is -1.81. The molecule has 0 N–H and O–H groups in total. The lowest BCUT2D eigenvalue weighted by molar-refractivity contribution is 0.0781. The van der Waals surface area contributed by atoms with Gasteiger partial charge in [-0.1, -0.05) is 17.7 Å². The molecule has 1 amide bonds. The second kappa shape index (κ2) is 6.31. The summed E-state index contributed by atoms with van der Waals surface area (Å²) in [5.41, 5.74) is 3.85. The number of nitrogens with zero attached hydrogens (tertiary/aromatic N) is 3. The van der Waals surface area contributed by atoms with Gasteiger partial charge in [-0.15, -0.1) is 0 Å². The van der Waals surface area contributed by atoms with E-state index in [1.165, 1.54) is 5.56 Å². The lowest BCUT2D eigenvalue weighted by Crippen LogP contribution is -2.27. The van der Waals surface area contributed by atoms with Gasteiger partial charge in [0.05, 0.1) is 23.5 Å². The molecule has 112 valence electrons. The topological polar surface area (TPSA) is 38.1 Å². The molecule has 5 heteroatoms. The van der Waals surface area contributed by atoms with Crippen LogP contribution in [0.5, 0.6) is 0 Å². The second-order valence-electron chi connectivity index (χ2n) is 5.22. The SMILES string of the molecule is CCn1ncc(Cl)c1CN(C)C(=O)c1ccc(C)c(C)c1. The first-order valence-corrected chi connectivity index (χ1v) is 7.34. The lowest BCUT2D eigenvalue weighted by Gasteiger charge is -2.18. The van der Waals surface area contributed by atoms with E-state index in [1.54, 1.807) is 18.1 Å². The third-order valence-corrected chi connectivity index (χ3v) is 4.00. The first-order chi connectivity index (χ1) is 9.93. The lowest BCUT2D eigenvalue weighted by atomic mass is 10.1. The Morgan fingerprint density at radius 1 is 1.33 bits per heavy atom. The quantitative estimate of drug-likeness (QED) is 0.868. The van der Waals surface area contributed by atoms with E-state index in [-0.39, 0.29) is 5.91 Å². The van der Waals surface area contributed by atoms with Crippen LogP contribution in [-0.4, -0.2) is 27.6 Å². The number of aromatic nitrogens is 2. The Bertz CT molecular complexity index is 664. The van der Waals surface area contributed by atoms with Crippen molar-refractivity contribution in [2.24, 2.45) is 0 Å². The van der Waals surface area contributed by atoms with Crippen molar-refractivity contribution in [2.75, 3.05) is 7.05 Å². The van der Waals surface area contributed by atoms with Gasteiger partial charge in [-0.3, -0.25) is 9.48 Å². The normalized spacial score (nSPS) is 10.7. The second-order valence-corrected chi connectivity index (χ2v) is 5.62. The molecule has 0 atom stereocenters. The summed E-state index contributed by atoms with van der Waals surface area (Å²) in [5, 5.41) is 4.79. The Kier molecular flexibility index (Phi) is 4.68. The van der Waals surface area contributed by atoms with Gasteiger partial charge in [-0.05, 0) is 44.0 Å². The molecular weight excluding hydrogens is 286 g/mol. The number of rotatable bonds is 4. The van der Waals surface area contributed by atoms with Gasteiger partial charge >= 0.3 is 0 Å². The highest BCUT2D eigenvalue weighted by atomic mass is 35.5. The summed E-state index contributed by atoms with van der Waals surface area (Å²) >= 11 is 6.14. The molecule has 0 aliphatic heterocycles. The van der Waals surface area contributed by atoms with Crippen LogP contribution in [-0.2, 0) is 13.1 Å². The third-order valence-electron chi connectivity index (χ3n) is 3.68. The molecule has 1 heterocycles. The first kappa shape index (κ1) is 15.6. The monoisotopic (exact) mass is 305 g/mol. The summed E-state index contributed by atoms with van der Waals surface area (Å²) in [7, 11) is 1.78. The van der Waals surface area contributed by atoms with E-state index in [4.69, 9.17) is 11.6 Å². The van der Waals surface area contributed by atoms with Gasteiger partial charge in [0.2, 0.25) is 0 Å². The summed E-state index contributed by atoms with van der Waals surface area (Å²) in [6.45, 7) is 7.21. The molecule has 0 saturated carbocycles. The Balaban J connectivity index is 2.19. The van der Waals surface area contributed by atoms with Gasteiger partial charge in [0.15, 0.2) is 0 Å². The van der Waals surface area contributed by atoms with Crippen molar-refractivity contribution in [1.29, 1.82) is 0 Å². The molecule has 0 fully saturated rings. The summed E-state index contributed by atoms with van der Waals surface area (Å²) in [6, 6.07) is 5.76. The summed E-state index contributed by atoms with van der Waals surface area (Å²) in [5.74, 6) is -0.0157. The van der Waals surface area contributed by atoms with Crippen molar-refractivity contribution in [3.05, 3.63) is 51.8 Å². The molecule has 4 nitrogen and oxygen atoms in total. The van der Waals surface area contributed by atoms with E-state index in [0.29, 0.717) is 17.1 Å². The molecule has 0 radical (unpaired) electrons. The maximum Gasteiger partial charge on any atom is 0.253 e. The number of benzene rings is 1. The number of halogens is 1. The minimum absolute atomic E-state index is 0.0157. The van der Waals surface area contributed by atoms with Crippen LogP contribution in [0.1, 0.15) is 34.1 Å². The Morgan fingerprint density at radius 3 is 2.67 bits per heavy atom.